The van der Waals surface area contributed by atoms with Gasteiger partial charge in [-0.2, -0.15) is 13.2 Å². The smallest absolute Gasteiger partial charge is 0.361 e. The highest BCUT2D eigenvalue weighted by atomic mass is 19.4. The van der Waals surface area contributed by atoms with Crippen LogP contribution in [0, 0.1) is 0 Å². The Kier molecular flexibility index (Phi) is 3.87. The lowest BCUT2D eigenvalue weighted by Crippen LogP contribution is -2.58. The van der Waals surface area contributed by atoms with Crippen molar-refractivity contribution in [3.63, 3.8) is 0 Å². The second-order valence-corrected chi connectivity index (χ2v) is 6.80. The highest BCUT2D eigenvalue weighted by molar-refractivity contribution is 6.24. The van der Waals surface area contributed by atoms with Gasteiger partial charge in [-0.05, 0) is 18.2 Å². The number of aromatic amines is 1. The van der Waals surface area contributed by atoms with E-state index in [1.54, 1.807) is 0 Å². The van der Waals surface area contributed by atoms with Crippen molar-refractivity contribution in [2.45, 2.75) is 6.18 Å². The molecule has 0 amide bonds. The van der Waals surface area contributed by atoms with Crippen molar-refractivity contribution < 1.29 is 18.2 Å². The van der Waals surface area contributed by atoms with E-state index >= 15 is 0 Å². The van der Waals surface area contributed by atoms with Gasteiger partial charge in [0.2, 0.25) is 5.69 Å². The largest absolute Gasteiger partial charge is 0.433 e. The summed E-state index contributed by atoms with van der Waals surface area (Å²) in [5, 5.41) is 0.993. The number of H-pyrrole nitrogens is 1. The molecular formula is C23H15F3N3+. The van der Waals surface area contributed by atoms with Gasteiger partial charge in [0.05, 0.1) is 11.1 Å². The van der Waals surface area contributed by atoms with Crippen molar-refractivity contribution in [1.82, 2.24) is 9.97 Å². The van der Waals surface area contributed by atoms with Crippen LogP contribution >= 0.6 is 0 Å². The van der Waals surface area contributed by atoms with Crippen molar-refractivity contribution in [3.8, 4) is 0 Å². The molecule has 1 aliphatic heterocycles. The molecule has 0 bridgehead atoms. The van der Waals surface area contributed by atoms with Gasteiger partial charge in [0.25, 0.3) is 0 Å². The second kappa shape index (κ2) is 6.44. The van der Waals surface area contributed by atoms with Crippen LogP contribution in [0.1, 0.15) is 22.4 Å². The summed E-state index contributed by atoms with van der Waals surface area (Å²) in [5.74, 6) is 0. The van der Waals surface area contributed by atoms with E-state index in [0.717, 1.165) is 44.9 Å². The maximum Gasteiger partial charge on any atom is 0.433 e. The molecule has 142 valence electrons. The monoisotopic (exact) mass is 390 g/mol. The average molecular weight is 390 g/mol. The van der Waals surface area contributed by atoms with Gasteiger partial charge in [0.15, 0.2) is 6.21 Å². The van der Waals surface area contributed by atoms with Crippen molar-refractivity contribution >= 4 is 34.0 Å². The standard InChI is InChI=1S/C23H14F3N3/c24-23(25,26)21-10-9-14(11-29-21)22(17-12-27-19-7-3-1-5-15(17)19)18-13-28-20-8-4-2-6-16(18)20/h1-13,27H/p+1/b22-18+. The summed E-state index contributed by atoms with van der Waals surface area (Å²) in [5.41, 5.74) is 5.26. The minimum Gasteiger partial charge on any atom is -0.361 e. The summed E-state index contributed by atoms with van der Waals surface area (Å²) in [6.45, 7) is 0. The average Bonchev–Trinajstić information content (AvgIpc) is 3.34. The molecule has 4 aromatic rings. The lowest BCUT2D eigenvalue weighted by Gasteiger charge is -2.11. The molecular weight excluding hydrogens is 375 g/mol. The van der Waals surface area contributed by atoms with E-state index in [2.05, 4.69) is 15.0 Å². The van der Waals surface area contributed by atoms with Gasteiger partial charge in [0, 0.05) is 46.1 Å². The molecule has 0 spiro atoms. The molecule has 3 heterocycles. The Labute approximate surface area is 164 Å². The summed E-state index contributed by atoms with van der Waals surface area (Å²) >= 11 is 0. The zero-order valence-corrected chi connectivity index (χ0v) is 15.1. The summed E-state index contributed by atoms with van der Waals surface area (Å²) in [7, 11) is 0. The second-order valence-electron chi connectivity index (χ2n) is 6.80. The predicted octanol–water partition coefficient (Wildman–Crippen LogP) is 4.34. The Morgan fingerprint density at radius 2 is 1.72 bits per heavy atom. The quantitative estimate of drug-likeness (QED) is 0.526. The minimum atomic E-state index is -4.47. The van der Waals surface area contributed by atoms with Crippen molar-refractivity contribution in [1.29, 1.82) is 0 Å². The normalized spacial score (nSPS) is 15.0. The molecule has 1 aliphatic rings. The fraction of sp³-hybridized carbons (Fsp3) is 0.0435. The Hall–Kier alpha value is -3.67. The first-order valence-electron chi connectivity index (χ1n) is 9.06. The molecule has 5 rings (SSSR count). The number of aromatic nitrogens is 2. The molecule has 6 heteroatoms. The maximum atomic E-state index is 13.0. The van der Waals surface area contributed by atoms with E-state index in [4.69, 9.17) is 0 Å². The topological polar surface area (TPSA) is 42.6 Å². The first kappa shape index (κ1) is 17.4. The van der Waals surface area contributed by atoms with Crippen LogP contribution < -0.4 is 4.99 Å². The van der Waals surface area contributed by atoms with Crippen LogP contribution in [0.5, 0.6) is 0 Å². The van der Waals surface area contributed by atoms with E-state index in [1.165, 1.54) is 12.3 Å². The van der Waals surface area contributed by atoms with Gasteiger partial charge in [-0.3, -0.25) is 4.98 Å². The Bertz CT molecular complexity index is 1280. The van der Waals surface area contributed by atoms with E-state index < -0.39 is 11.9 Å². The molecule has 2 aromatic heterocycles. The Morgan fingerprint density at radius 3 is 2.52 bits per heavy atom. The number of fused-ring (bicyclic) bond motifs is 2. The van der Waals surface area contributed by atoms with Crippen LogP contribution in [-0.4, -0.2) is 16.2 Å². The molecule has 0 unspecified atom stereocenters. The van der Waals surface area contributed by atoms with Crippen LogP contribution in [0.25, 0.3) is 22.0 Å². The molecule has 2 N–H and O–H groups in total. The number of halogens is 3. The Morgan fingerprint density at radius 1 is 0.931 bits per heavy atom. The van der Waals surface area contributed by atoms with E-state index in [-0.39, 0.29) is 0 Å². The maximum absolute atomic E-state index is 13.0. The number of alkyl halides is 3. The molecule has 0 fully saturated rings. The van der Waals surface area contributed by atoms with Gasteiger partial charge < -0.3 is 4.98 Å². The van der Waals surface area contributed by atoms with Crippen LogP contribution in [0.15, 0.2) is 73.1 Å². The lowest BCUT2D eigenvalue weighted by molar-refractivity contribution is -0.342. The molecule has 0 atom stereocenters. The van der Waals surface area contributed by atoms with E-state index in [0.29, 0.717) is 5.56 Å². The first-order chi connectivity index (χ1) is 14.0. The van der Waals surface area contributed by atoms with Crippen LogP contribution in [0.3, 0.4) is 0 Å². The number of pyridine rings is 1. The van der Waals surface area contributed by atoms with Crippen molar-refractivity contribution in [2.24, 2.45) is 0 Å². The van der Waals surface area contributed by atoms with Gasteiger partial charge in [-0.1, -0.05) is 36.4 Å². The lowest BCUT2D eigenvalue weighted by atomic mass is 9.91. The third kappa shape index (κ3) is 2.93. The predicted molar refractivity (Wildman–Crippen MR) is 107 cm³/mol. The highest BCUT2D eigenvalue weighted by Gasteiger charge is 2.32. The number of para-hydroxylation sites is 2. The number of rotatable bonds is 2. The summed E-state index contributed by atoms with van der Waals surface area (Å²) < 4.78 is 39.0. The van der Waals surface area contributed by atoms with Gasteiger partial charge in [0.1, 0.15) is 5.69 Å². The van der Waals surface area contributed by atoms with Gasteiger partial charge in [-0.15, -0.1) is 0 Å². The zero-order chi connectivity index (χ0) is 20.0. The van der Waals surface area contributed by atoms with Gasteiger partial charge in [-0.25, -0.2) is 4.99 Å². The molecule has 0 aliphatic carbocycles. The fourth-order valence-electron chi connectivity index (χ4n) is 3.72. The number of hydrogen-bond acceptors (Lipinski definition) is 1. The van der Waals surface area contributed by atoms with E-state index in [9.17, 15) is 13.2 Å². The fourth-order valence-corrected chi connectivity index (χ4v) is 3.72. The Balaban J connectivity index is 1.78. The first-order valence-corrected chi connectivity index (χ1v) is 9.06. The van der Waals surface area contributed by atoms with Crippen LogP contribution in [0.4, 0.5) is 18.9 Å². The number of hydrogen-bond donors (Lipinski definition) is 2. The van der Waals surface area contributed by atoms with Crippen molar-refractivity contribution in [2.75, 3.05) is 0 Å². The minimum absolute atomic E-state index is 0.618. The summed E-state index contributed by atoms with van der Waals surface area (Å²) in [6, 6.07) is 18.2. The van der Waals surface area contributed by atoms with E-state index in [1.807, 2.05) is 60.9 Å². The highest BCUT2D eigenvalue weighted by Crippen LogP contribution is 2.38. The third-order valence-electron chi connectivity index (χ3n) is 5.06. The molecule has 2 aromatic carbocycles. The number of nitrogens with zero attached hydrogens (tertiary/aromatic N) is 1. The summed E-state index contributed by atoms with van der Waals surface area (Å²) in [4.78, 5) is 10.2. The molecule has 0 radical (unpaired) electrons. The summed E-state index contributed by atoms with van der Waals surface area (Å²) in [6.07, 6.45) is 0.598. The number of benzene rings is 2. The zero-order valence-electron chi connectivity index (χ0n) is 15.1. The van der Waals surface area contributed by atoms with Gasteiger partial charge >= 0.3 is 6.18 Å². The van der Waals surface area contributed by atoms with Crippen molar-refractivity contribution in [3.05, 3.63) is 95.4 Å². The van der Waals surface area contributed by atoms with Crippen LogP contribution in [-0.2, 0) is 6.18 Å². The number of nitrogens with one attached hydrogen (secondary N) is 2. The molecule has 0 saturated carbocycles. The molecule has 29 heavy (non-hydrogen) atoms. The molecule has 0 saturated heterocycles. The van der Waals surface area contributed by atoms with Crippen LogP contribution in [0.2, 0.25) is 0 Å². The third-order valence-corrected chi connectivity index (χ3v) is 5.06. The SMILES string of the molecule is FC(F)(F)c1ccc(/C(=C2/C=[NH+]c3ccccc32)c2c[nH]c3ccccc23)cn1. The number of allylic oxidation sites excluding steroid dienone is 1. The molecule has 3 nitrogen and oxygen atoms in total.